The number of aromatic nitrogens is 2. The Balaban J connectivity index is 1.57. The lowest BCUT2D eigenvalue weighted by molar-refractivity contribution is 0.0849. The van der Waals surface area contributed by atoms with Crippen LogP contribution in [0.2, 0.25) is 0 Å². The second-order valence-corrected chi connectivity index (χ2v) is 5.73. The van der Waals surface area contributed by atoms with E-state index in [2.05, 4.69) is 29.1 Å². The summed E-state index contributed by atoms with van der Waals surface area (Å²) in [7, 11) is 0. The van der Waals surface area contributed by atoms with Crippen LogP contribution in [0.5, 0.6) is 11.5 Å². The van der Waals surface area contributed by atoms with Gasteiger partial charge in [0.1, 0.15) is 24.9 Å². The molecule has 5 heteroatoms. The lowest BCUT2D eigenvalue weighted by Gasteiger charge is -2.26. The molecule has 116 valence electrons. The second kappa shape index (κ2) is 6.64. The predicted octanol–water partition coefficient (Wildman–Crippen LogP) is 3.07. The fraction of sp³-hybridized carbons (Fsp3) is 0.412. The van der Waals surface area contributed by atoms with Crippen LogP contribution in [-0.2, 0) is 6.42 Å². The molecule has 0 fully saturated rings. The average molecular weight is 299 g/mol. The standard InChI is InChI=1S/C17H21N3O2/c1-12(2)20-17-9-13(18-11-19-17)7-8-14-10-21-15-5-3-4-6-16(15)22-14/h3-6,9,11-12,14H,7-8,10H2,1-2H3,(H,18,19,20). The van der Waals surface area contributed by atoms with Crippen LogP contribution in [0.1, 0.15) is 26.0 Å². The first-order valence-electron chi connectivity index (χ1n) is 7.66. The number of aryl methyl sites for hydroxylation is 1. The summed E-state index contributed by atoms with van der Waals surface area (Å²) in [5.74, 6) is 2.51. The van der Waals surface area contributed by atoms with E-state index in [4.69, 9.17) is 9.47 Å². The number of hydrogen-bond donors (Lipinski definition) is 1. The topological polar surface area (TPSA) is 56.3 Å². The Kier molecular flexibility index (Phi) is 4.42. The first kappa shape index (κ1) is 14.6. The van der Waals surface area contributed by atoms with Crippen LogP contribution in [0.3, 0.4) is 0 Å². The number of nitrogens with one attached hydrogen (secondary N) is 1. The third kappa shape index (κ3) is 3.67. The van der Waals surface area contributed by atoms with E-state index in [-0.39, 0.29) is 6.10 Å². The van der Waals surface area contributed by atoms with E-state index in [1.54, 1.807) is 6.33 Å². The fourth-order valence-corrected chi connectivity index (χ4v) is 2.42. The maximum atomic E-state index is 5.96. The van der Waals surface area contributed by atoms with Crippen molar-refractivity contribution in [3.05, 3.63) is 42.4 Å². The summed E-state index contributed by atoms with van der Waals surface area (Å²) < 4.78 is 11.7. The first-order valence-corrected chi connectivity index (χ1v) is 7.66. The molecule has 0 saturated heterocycles. The Morgan fingerprint density at radius 1 is 1.23 bits per heavy atom. The summed E-state index contributed by atoms with van der Waals surface area (Å²) in [6.45, 7) is 4.76. The van der Waals surface area contributed by atoms with Gasteiger partial charge in [0, 0.05) is 17.8 Å². The van der Waals surface area contributed by atoms with Crippen molar-refractivity contribution in [1.82, 2.24) is 9.97 Å². The Hall–Kier alpha value is -2.30. The Bertz CT molecular complexity index is 631. The van der Waals surface area contributed by atoms with Crippen LogP contribution in [0.25, 0.3) is 0 Å². The van der Waals surface area contributed by atoms with Crippen LogP contribution < -0.4 is 14.8 Å². The van der Waals surface area contributed by atoms with Gasteiger partial charge >= 0.3 is 0 Å². The van der Waals surface area contributed by atoms with E-state index in [0.29, 0.717) is 12.6 Å². The molecule has 0 amide bonds. The maximum Gasteiger partial charge on any atom is 0.161 e. The number of benzene rings is 1. The van der Waals surface area contributed by atoms with Gasteiger partial charge in [-0.3, -0.25) is 0 Å². The normalized spacial score (nSPS) is 16.6. The van der Waals surface area contributed by atoms with E-state index < -0.39 is 0 Å². The number of para-hydroxylation sites is 2. The monoisotopic (exact) mass is 299 g/mol. The van der Waals surface area contributed by atoms with Crippen molar-refractivity contribution in [1.29, 1.82) is 0 Å². The van der Waals surface area contributed by atoms with Crippen molar-refractivity contribution in [2.45, 2.75) is 38.8 Å². The lowest BCUT2D eigenvalue weighted by Crippen LogP contribution is -2.29. The van der Waals surface area contributed by atoms with Gasteiger partial charge in [0.2, 0.25) is 0 Å². The van der Waals surface area contributed by atoms with Crippen molar-refractivity contribution in [2.24, 2.45) is 0 Å². The van der Waals surface area contributed by atoms with Gasteiger partial charge in [-0.15, -0.1) is 0 Å². The molecule has 2 aromatic rings. The molecule has 1 aliphatic heterocycles. The van der Waals surface area contributed by atoms with Crippen molar-refractivity contribution in [3.63, 3.8) is 0 Å². The van der Waals surface area contributed by atoms with E-state index in [1.165, 1.54) is 0 Å². The quantitative estimate of drug-likeness (QED) is 0.919. The van der Waals surface area contributed by atoms with Crippen LogP contribution in [-0.4, -0.2) is 28.7 Å². The fourth-order valence-electron chi connectivity index (χ4n) is 2.42. The number of fused-ring (bicyclic) bond motifs is 1. The number of ether oxygens (including phenoxy) is 2. The molecule has 0 bridgehead atoms. The number of hydrogen-bond acceptors (Lipinski definition) is 5. The molecular weight excluding hydrogens is 278 g/mol. The third-order valence-electron chi connectivity index (χ3n) is 3.45. The third-order valence-corrected chi connectivity index (χ3v) is 3.45. The van der Waals surface area contributed by atoms with Gasteiger partial charge in [0.15, 0.2) is 11.5 Å². The molecule has 5 nitrogen and oxygen atoms in total. The average Bonchev–Trinajstić information content (AvgIpc) is 2.52. The highest BCUT2D eigenvalue weighted by atomic mass is 16.6. The zero-order valence-electron chi connectivity index (χ0n) is 13.0. The molecule has 1 atom stereocenters. The van der Waals surface area contributed by atoms with Crippen LogP contribution >= 0.6 is 0 Å². The van der Waals surface area contributed by atoms with Crippen LogP contribution in [0, 0.1) is 0 Å². The van der Waals surface area contributed by atoms with Crippen LogP contribution in [0.4, 0.5) is 5.82 Å². The molecule has 1 aromatic heterocycles. The van der Waals surface area contributed by atoms with E-state index in [9.17, 15) is 0 Å². The molecule has 3 rings (SSSR count). The van der Waals surface area contributed by atoms with E-state index in [0.717, 1.165) is 35.9 Å². The molecule has 0 radical (unpaired) electrons. The smallest absolute Gasteiger partial charge is 0.161 e. The van der Waals surface area contributed by atoms with Crippen molar-refractivity contribution >= 4 is 5.82 Å². The minimum absolute atomic E-state index is 0.0615. The van der Waals surface area contributed by atoms with Gasteiger partial charge in [-0.1, -0.05) is 12.1 Å². The highest BCUT2D eigenvalue weighted by Gasteiger charge is 2.20. The maximum absolute atomic E-state index is 5.96. The summed E-state index contributed by atoms with van der Waals surface area (Å²) in [6.07, 6.45) is 3.37. The number of anilines is 1. The zero-order chi connectivity index (χ0) is 15.4. The molecule has 0 saturated carbocycles. The summed E-state index contributed by atoms with van der Waals surface area (Å²) >= 11 is 0. The predicted molar refractivity (Wildman–Crippen MR) is 85.5 cm³/mol. The zero-order valence-corrected chi connectivity index (χ0v) is 13.0. The van der Waals surface area contributed by atoms with Gasteiger partial charge in [0.05, 0.1) is 0 Å². The van der Waals surface area contributed by atoms with Gasteiger partial charge in [-0.25, -0.2) is 9.97 Å². The Morgan fingerprint density at radius 2 is 2.05 bits per heavy atom. The largest absolute Gasteiger partial charge is 0.486 e. The summed E-state index contributed by atoms with van der Waals surface area (Å²) in [6, 6.07) is 10.1. The summed E-state index contributed by atoms with van der Waals surface area (Å²) in [4.78, 5) is 8.55. The second-order valence-electron chi connectivity index (χ2n) is 5.73. The van der Waals surface area contributed by atoms with Crippen molar-refractivity contribution in [2.75, 3.05) is 11.9 Å². The van der Waals surface area contributed by atoms with Gasteiger partial charge in [0.25, 0.3) is 0 Å². The number of nitrogens with zero attached hydrogens (tertiary/aromatic N) is 2. The Labute approximate surface area is 130 Å². The van der Waals surface area contributed by atoms with Crippen molar-refractivity contribution in [3.8, 4) is 11.5 Å². The van der Waals surface area contributed by atoms with E-state index >= 15 is 0 Å². The molecule has 1 aromatic carbocycles. The van der Waals surface area contributed by atoms with Gasteiger partial charge in [-0.2, -0.15) is 0 Å². The highest BCUT2D eigenvalue weighted by Crippen LogP contribution is 2.31. The summed E-state index contributed by atoms with van der Waals surface area (Å²) in [5.41, 5.74) is 1.01. The van der Waals surface area contributed by atoms with Gasteiger partial charge in [-0.05, 0) is 38.8 Å². The molecular formula is C17H21N3O2. The Morgan fingerprint density at radius 3 is 2.86 bits per heavy atom. The first-order chi connectivity index (χ1) is 10.7. The molecule has 1 unspecified atom stereocenters. The van der Waals surface area contributed by atoms with E-state index in [1.807, 2.05) is 30.3 Å². The number of rotatable bonds is 5. The highest BCUT2D eigenvalue weighted by molar-refractivity contribution is 5.40. The minimum atomic E-state index is 0.0615. The molecule has 22 heavy (non-hydrogen) atoms. The molecule has 1 aliphatic rings. The summed E-state index contributed by atoms with van der Waals surface area (Å²) in [5, 5.41) is 3.29. The molecule has 0 spiro atoms. The van der Waals surface area contributed by atoms with Crippen molar-refractivity contribution < 1.29 is 9.47 Å². The lowest BCUT2D eigenvalue weighted by atomic mass is 10.1. The molecule has 2 heterocycles. The van der Waals surface area contributed by atoms with Gasteiger partial charge < -0.3 is 14.8 Å². The molecule has 0 aliphatic carbocycles. The minimum Gasteiger partial charge on any atom is -0.486 e. The van der Waals surface area contributed by atoms with Crippen LogP contribution in [0.15, 0.2) is 36.7 Å². The SMILES string of the molecule is CC(C)Nc1cc(CCC2COc3ccccc3O2)ncn1. The molecule has 1 N–H and O–H groups in total.